The van der Waals surface area contributed by atoms with Crippen molar-refractivity contribution in [3.63, 3.8) is 0 Å². The maximum absolute atomic E-state index is 12.4. The van der Waals surface area contributed by atoms with E-state index in [0.29, 0.717) is 24.3 Å². The van der Waals surface area contributed by atoms with Gasteiger partial charge in [0.15, 0.2) is 0 Å². The number of aryl methyl sites for hydroxylation is 1. The zero-order valence-electron chi connectivity index (χ0n) is 15.7. The molecule has 2 heterocycles. The third-order valence-electron chi connectivity index (χ3n) is 5.59. The van der Waals surface area contributed by atoms with Crippen LogP contribution in [-0.4, -0.2) is 36.3 Å². The molecule has 0 saturated carbocycles. The predicted molar refractivity (Wildman–Crippen MR) is 102 cm³/mol. The maximum atomic E-state index is 12.4. The van der Waals surface area contributed by atoms with Crippen LogP contribution in [0.4, 0.5) is 0 Å². The first-order chi connectivity index (χ1) is 11.8. The fourth-order valence-electron chi connectivity index (χ4n) is 3.87. The van der Waals surface area contributed by atoms with Crippen LogP contribution >= 0.6 is 11.3 Å². The van der Waals surface area contributed by atoms with E-state index < -0.39 is 0 Å². The Bertz CT molecular complexity index is 645. The minimum absolute atomic E-state index is 0.0412. The molecule has 1 saturated heterocycles. The zero-order chi connectivity index (χ0) is 18.0. The fourth-order valence-corrected chi connectivity index (χ4v) is 5.00. The summed E-state index contributed by atoms with van der Waals surface area (Å²) in [4.78, 5) is 28.1. The highest BCUT2D eigenvalue weighted by molar-refractivity contribution is 7.14. The Morgan fingerprint density at radius 2 is 2.16 bits per heavy atom. The molecule has 1 aromatic heterocycles. The van der Waals surface area contributed by atoms with Crippen molar-refractivity contribution in [1.82, 2.24) is 10.2 Å². The van der Waals surface area contributed by atoms with E-state index in [1.807, 2.05) is 4.90 Å². The van der Waals surface area contributed by atoms with Gasteiger partial charge in [0.1, 0.15) is 0 Å². The van der Waals surface area contributed by atoms with E-state index in [0.717, 1.165) is 43.6 Å². The standard InChI is InChI=1S/C20H30N2O2S/c1-20(2,3)15-7-8-16-14(12-15)13-17(25-16)19(24)21-9-5-11-22-10-4-6-18(22)23/h13,15H,4-12H2,1-3H3,(H,21,24)/t15-/m1/s1. The number of likely N-dealkylation sites (tertiary alicyclic amines) is 1. The topological polar surface area (TPSA) is 49.4 Å². The Morgan fingerprint density at radius 1 is 1.36 bits per heavy atom. The van der Waals surface area contributed by atoms with E-state index in [2.05, 4.69) is 32.2 Å². The number of thiophene rings is 1. The summed E-state index contributed by atoms with van der Waals surface area (Å²) in [7, 11) is 0. The van der Waals surface area contributed by atoms with E-state index in [-0.39, 0.29) is 11.8 Å². The van der Waals surface area contributed by atoms with Crippen molar-refractivity contribution in [1.29, 1.82) is 0 Å². The molecule has 1 atom stereocenters. The van der Waals surface area contributed by atoms with Gasteiger partial charge < -0.3 is 10.2 Å². The molecule has 1 fully saturated rings. The monoisotopic (exact) mass is 362 g/mol. The lowest BCUT2D eigenvalue weighted by molar-refractivity contribution is -0.127. The SMILES string of the molecule is CC(C)(C)[C@@H]1CCc2sc(C(=O)NCCCN3CCCC3=O)cc2C1. The Balaban J connectivity index is 1.49. The average molecular weight is 363 g/mol. The Labute approximate surface area is 155 Å². The molecule has 3 rings (SSSR count). The van der Waals surface area contributed by atoms with Gasteiger partial charge in [0, 0.05) is 30.9 Å². The number of hydrogen-bond donors (Lipinski definition) is 1. The van der Waals surface area contributed by atoms with Gasteiger partial charge in [-0.3, -0.25) is 9.59 Å². The van der Waals surface area contributed by atoms with Crippen LogP contribution in [0.3, 0.4) is 0 Å². The van der Waals surface area contributed by atoms with E-state index in [1.54, 1.807) is 11.3 Å². The van der Waals surface area contributed by atoms with Crippen molar-refractivity contribution in [2.75, 3.05) is 19.6 Å². The van der Waals surface area contributed by atoms with Crippen molar-refractivity contribution in [3.8, 4) is 0 Å². The molecule has 5 heteroatoms. The summed E-state index contributed by atoms with van der Waals surface area (Å²) in [5.74, 6) is 0.994. The zero-order valence-corrected chi connectivity index (χ0v) is 16.5. The van der Waals surface area contributed by atoms with Gasteiger partial charge in [0.25, 0.3) is 5.91 Å². The van der Waals surface area contributed by atoms with Gasteiger partial charge in [-0.1, -0.05) is 20.8 Å². The van der Waals surface area contributed by atoms with Gasteiger partial charge in [0.05, 0.1) is 4.88 Å². The largest absolute Gasteiger partial charge is 0.351 e. The summed E-state index contributed by atoms with van der Waals surface area (Å²) >= 11 is 1.66. The van der Waals surface area contributed by atoms with Crippen LogP contribution in [0.1, 0.15) is 66.6 Å². The number of carbonyl (C=O) groups is 2. The van der Waals surface area contributed by atoms with Crippen molar-refractivity contribution in [3.05, 3.63) is 21.4 Å². The number of nitrogens with zero attached hydrogens (tertiary/aromatic N) is 1. The van der Waals surface area contributed by atoms with Gasteiger partial charge in [-0.05, 0) is 55.1 Å². The molecule has 138 valence electrons. The lowest BCUT2D eigenvalue weighted by Gasteiger charge is -2.33. The molecule has 1 aliphatic heterocycles. The Kier molecular flexibility index (Phi) is 5.52. The number of carbonyl (C=O) groups excluding carboxylic acids is 2. The fraction of sp³-hybridized carbons (Fsp3) is 0.700. The summed E-state index contributed by atoms with van der Waals surface area (Å²) < 4.78 is 0. The van der Waals surface area contributed by atoms with Crippen molar-refractivity contribution in [2.24, 2.45) is 11.3 Å². The summed E-state index contributed by atoms with van der Waals surface area (Å²) in [5, 5.41) is 3.02. The van der Waals surface area contributed by atoms with Crippen molar-refractivity contribution < 1.29 is 9.59 Å². The quantitative estimate of drug-likeness (QED) is 0.813. The molecular formula is C20H30N2O2S. The van der Waals surface area contributed by atoms with E-state index in [1.165, 1.54) is 16.9 Å². The lowest BCUT2D eigenvalue weighted by Crippen LogP contribution is -2.30. The van der Waals surface area contributed by atoms with Gasteiger partial charge in [-0.25, -0.2) is 0 Å². The molecule has 0 aromatic carbocycles. The van der Waals surface area contributed by atoms with Gasteiger partial charge in [0.2, 0.25) is 5.91 Å². The van der Waals surface area contributed by atoms with Crippen LogP contribution < -0.4 is 5.32 Å². The van der Waals surface area contributed by atoms with Crippen LogP contribution in [-0.2, 0) is 17.6 Å². The minimum Gasteiger partial charge on any atom is -0.351 e. The second kappa shape index (κ2) is 7.48. The van der Waals surface area contributed by atoms with Crippen molar-refractivity contribution >= 4 is 23.2 Å². The Morgan fingerprint density at radius 3 is 2.84 bits per heavy atom. The number of hydrogen-bond acceptors (Lipinski definition) is 3. The number of fused-ring (bicyclic) bond motifs is 1. The smallest absolute Gasteiger partial charge is 0.261 e. The van der Waals surface area contributed by atoms with Crippen LogP contribution in [0.5, 0.6) is 0 Å². The highest BCUT2D eigenvalue weighted by Crippen LogP contribution is 2.40. The molecular weight excluding hydrogens is 332 g/mol. The van der Waals surface area contributed by atoms with Gasteiger partial charge in [-0.2, -0.15) is 0 Å². The highest BCUT2D eigenvalue weighted by atomic mass is 32.1. The average Bonchev–Trinajstić information content (AvgIpc) is 3.15. The van der Waals surface area contributed by atoms with E-state index in [9.17, 15) is 9.59 Å². The third kappa shape index (κ3) is 4.43. The lowest BCUT2D eigenvalue weighted by atomic mass is 9.72. The first-order valence-electron chi connectivity index (χ1n) is 9.52. The van der Waals surface area contributed by atoms with Crippen LogP contribution in [0.2, 0.25) is 0 Å². The Hall–Kier alpha value is -1.36. The summed E-state index contributed by atoms with van der Waals surface area (Å²) in [6, 6.07) is 2.11. The third-order valence-corrected chi connectivity index (χ3v) is 6.83. The first kappa shape index (κ1) is 18.4. The van der Waals surface area contributed by atoms with Gasteiger partial charge >= 0.3 is 0 Å². The molecule has 2 aliphatic rings. The molecule has 4 nitrogen and oxygen atoms in total. The summed E-state index contributed by atoms with van der Waals surface area (Å²) in [6.45, 7) is 9.21. The number of rotatable bonds is 5. The van der Waals surface area contributed by atoms with E-state index in [4.69, 9.17) is 0 Å². The van der Waals surface area contributed by atoms with Crippen LogP contribution in [0.15, 0.2) is 6.07 Å². The molecule has 0 bridgehead atoms. The molecule has 2 amide bonds. The first-order valence-corrected chi connectivity index (χ1v) is 10.3. The van der Waals surface area contributed by atoms with Crippen molar-refractivity contribution in [2.45, 2.75) is 59.3 Å². The maximum Gasteiger partial charge on any atom is 0.261 e. The second-order valence-corrected chi connectivity index (χ2v) is 9.60. The molecule has 25 heavy (non-hydrogen) atoms. The normalized spacial score (nSPS) is 20.7. The highest BCUT2D eigenvalue weighted by Gasteiger charge is 2.30. The predicted octanol–water partition coefficient (Wildman–Crippen LogP) is 3.64. The molecule has 1 aromatic rings. The molecule has 1 N–H and O–H groups in total. The van der Waals surface area contributed by atoms with Crippen LogP contribution in [0, 0.1) is 11.3 Å². The molecule has 0 spiro atoms. The second-order valence-electron chi connectivity index (χ2n) is 8.46. The number of amides is 2. The molecule has 0 radical (unpaired) electrons. The minimum atomic E-state index is 0.0412. The summed E-state index contributed by atoms with van der Waals surface area (Å²) in [5.41, 5.74) is 1.71. The van der Waals surface area contributed by atoms with E-state index >= 15 is 0 Å². The summed E-state index contributed by atoms with van der Waals surface area (Å²) in [6.07, 6.45) is 5.91. The van der Waals surface area contributed by atoms with Gasteiger partial charge in [-0.15, -0.1) is 11.3 Å². The molecule has 0 unspecified atom stereocenters. The number of nitrogens with one attached hydrogen (secondary N) is 1. The van der Waals surface area contributed by atoms with Crippen LogP contribution in [0.25, 0.3) is 0 Å². The molecule has 1 aliphatic carbocycles.